The molecule has 0 radical (unpaired) electrons. The largest absolute Gasteiger partial charge is 0.507 e. The van der Waals surface area contributed by atoms with Crippen molar-refractivity contribution in [2.45, 2.75) is 58.6 Å². The topological polar surface area (TPSA) is 76.1 Å². The smallest absolute Gasteiger partial charge is 0.295 e. The van der Waals surface area contributed by atoms with Crippen LogP contribution in [0.25, 0.3) is 5.76 Å². The summed E-state index contributed by atoms with van der Waals surface area (Å²) >= 11 is 0. The fourth-order valence-corrected chi connectivity index (χ4v) is 4.09. The van der Waals surface area contributed by atoms with Gasteiger partial charge in [0.2, 0.25) is 0 Å². The number of ketones is 1. The van der Waals surface area contributed by atoms with E-state index >= 15 is 0 Å². The van der Waals surface area contributed by atoms with Gasteiger partial charge in [-0.15, -0.1) is 0 Å². The first-order valence-electron chi connectivity index (χ1n) is 12.2. The Morgan fingerprint density at radius 3 is 2.40 bits per heavy atom. The number of nitrogens with zero attached hydrogens (tertiary/aromatic N) is 1. The average molecular weight is 484 g/mol. The van der Waals surface area contributed by atoms with E-state index in [1.165, 1.54) is 17.0 Å². The Morgan fingerprint density at radius 1 is 1.03 bits per heavy atom. The molecule has 6 nitrogen and oxygen atoms in total. The highest BCUT2D eigenvalue weighted by atomic mass is 19.1. The van der Waals surface area contributed by atoms with E-state index in [1.54, 1.807) is 36.4 Å². The van der Waals surface area contributed by atoms with E-state index in [2.05, 4.69) is 6.92 Å². The number of hydrogen-bond acceptors (Lipinski definition) is 5. The van der Waals surface area contributed by atoms with Gasteiger partial charge in [-0.3, -0.25) is 9.59 Å². The lowest BCUT2D eigenvalue weighted by Crippen LogP contribution is -2.31. The van der Waals surface area contributed by atoms with Crippen LogP contribution in [0.3, 0.4) is 0 Å². The van der Waals surface area contributed by atoms with Crippen molar-refractivity contribution < 1.29 is 28.6 Å². The second-order valence-electron chi connectivity index (χ2n) is 8.87. The monoisotopic (exact) mass is 483 g/mol. The van der Waals surface area contributed by atoms with Gasteiger partial charge >= 0.3 is 0 Å². The molecule has 0 bridgehead atoms. The van der Waals surface area contributed by atoms with Gasteiger partial charge in [-0.25, -0.2) is 4.39 Å². The Morgan fingerprint density at radius 2 is 1.74 bits per heavy atom. The summed E-state index contributed by atoms with van der Waals surface area (Å²) in [7, 11) is 0. The predicted molar refractivity (Wildman–Crippen MR) is 133 cm³/mol. The second kappa shape index (κ2) is 12.5. The fourth-order valence-electron chi connectivity index (χ4n) is 4.09. The fraction of sp³-hybridized carbons (Fsp3) is 0.429. The number of amides is 1. The minimum Gasteiger partial charge on any atom is -0.507 e. The van der Waals surface area contributed by atoms with Crippen LogP contribution in [0, 0.1) is 5.82 Å². The van der Waals surface area contributed by atoms with E-state index in [9.17, 15) is 19.1 Å². The van der Waals surface area contributed by atoms with Crippen LogP contribution in [0.4, 0.5) is 4.39 Å². The van der Waals surface area contributed by atoms with Crippen molar-refractivity contribution in [1.29, 1.82) is 0 Å². The van der Waals surface area contributed by atoms with Crippen molar-refractivity contribution in [2.75, 3.05) is 19.8 Å². The molecule has 1 amide bonds. The number of carbonyl (C=O) groups excluding carboxylic acids is 2. The maximum absolute atomic E-state index is 14.8. The Kier molecular flexibility index (Phi) is 9.43. The highest BCUT2D eigenvalue weighted by Gasteiger charge is 2.46. The molecule has 3 rings (SSSR count). The maximum Gasteiger partial charge on any atom is 0.295 e. The van der Waals surface area contributed by atoms with E-state index < -0.39 is 23.5 Å². The molecule has 1 N–H and O–H groups in total. The molecule has 1 unspecified atom stereocenters. The Labute approximate surface area is 206 Å². The number of carbonyl (C=O) groups is 2. The summed E-state index contributed by atoms with van der Waals surface area (Å²) in [6.07, 6.45) is 3.64. The molecule has 2 aromatic rings. The Hall–Kier alpha value is -3.19. The first kappa shape index (κ1) is 26.4. The van der Waals surface area contributed by atoms with Gasteiger partial charge in [-0.05, 0) is 57.0 Å². The standard InChI is InChI=1S/C28H34FNO5/c1-4-5-8-17-35-21-14-12-20(13-15-21)26(31)24-25(22-10-6-7-11-23(22)29)30(28(33)27(24)32)16-9-18-34-19(2)3/h6-7,10-15,19,25,31H,4-5,8-9,16-18H2,1-3H3/b26-24-. The first-order valence-corrected chi connectivity index (χ1v) is 12.2. The molecule has 0 saturated carbocycles. The molecule has 0 spiro atoms. The van der Waals surface area contributed by atoms with Crippen LogP contribution in [-0.4, -0.2) is 47.6 Å². The zero-order chi connectivity index (χ0) is 25.4. The lowest BCUT2D eigenvalue weighted by Gasteiger charge is -2.25. The first-order chi connectivity index (χ1) is 16.8. The van der Waals surface area contributed by atoms with Gasteiger partial charge in [0.15, 0.2) is 0 Å². The number of benzene rings is 2. The second-order valence-corrected chi connectivity index (χ2v) is 8.87. The summed E-state index contributed by atoms with van der Waals surface area (Å²) in [5.41, 5.74) is 0.392. The molecule has 1 aliphatic rings. The van der Waals surface area contributed by atoms with Crippen LogP contribution in [0.5, 0.6) is 5.75 Å². The Balaban J connectivity index is 1.92. The third kappa shape index (κ3) is 6.48. The summed E-state index contributed by atoms with van der Waals surface area (Å²) in [4.78, 5) is 27.3. The highest BCUT2D eigenvalue weighted by molar-refractivity contribution is 6.46. The zero-order valence-electron chi connectivity index (χ0n) is 20.6. The molecule has 1 saturated heterocycles. The van der Waals surface area contributed by atoms with Gasteiger partial charge in [0.1, 0.15) is 17.3 Å². The van der Waals surface area contributed by atoms with E-state index in [1.807, 2.05) is 13.8 Å². The summed E-state index contributed by atoms with van der Waals surface area (Å²) < 4.78 is 26.1. The predicted octanol–water partition coefficient (Wildman–Crippen LogP) is 5.63. The van der Waals surface area contributed by atoms with Crippen LogP contribution < -0.4 is 4.74 Å². The zero-order valence-corrected chi connectivity index (χ0v) is 20.6. The van der Waals surface area contributed by atoms with Crippen molar-refractivity contribution in [3.8, 4) is 5.75 Å². The summed E-state index contributed by atoms with van der Waals surface area (Å²) in [5, 5.41) is 11.1. The van der Waals surface area contributed by atoms with Gasteiger partial charge in [0, 0.05) is 24.3 Å². The number of hydrogen-bond donors (Lipinski definition) is 1. The third-order valence-electron chi connectivity index (χ3n) is 5.88. The highest BCUT2D eigenvalue weighted by Crippen LogP contribution is 2.40. The molecule has 0 aromatic heterocycles. The molecule has 7 heteroatoms. The lowest BCUT2D eigenvalue weighted by molar-refractivity contribution is -0.140. The normalized spacial score (nSPS) is 17.4. The number of aliphatic hydroxyl groups excluding tert-OH is 1. The van der Waals surface area contributed by atoms with Crippen LogP contribution in [0.2, 0.25) is 0 Å². The quantitative estimate of drug-likeness (QED) is 0.183. The summed E-state index contributed by atoms with van der Waals surface area (Å²) in [6, 6.07) is 11.6. The lowest BCUT2D eigenvalue weighted by atomic mass is 9.95. The van der Waals surface area contributed by atoms with E-state index in [0.29, 0.717) is 30.9 Å². The van der Waals surface area contributed by atoms with Gasteiger partial charge < -0.3 is 19.5 Å². The summed E-state index contributed by atoms with van der Waals surface area (Å²) in [5.74, 6) is -1.84. The van der Waals surface area contributed by atoms with Crippen LogP contribution in [0.15, 0.2) is 54.1 Å². The Bertz CT molecular complexity index is 1050. The molecule has 35 heavy (non-hydrogen) atoms. The van der Waals surface area contributed by atoms with Crippen LogP contribution >= 0.6 is 0 Å². The molecule has 2 aromatic carbocycles. The van der Waals surface area contributed by atoms with Gasteiger partial charge in [0.05, 0.1) is 24.3 Å². The molecule has 0 aliphatic carbocycles. The molecule has 1 atom stereocenters. The number of ether oxygens (including phenoxy) is 2. The molecule has 188 valence electrons. The molecule has 1 fully saturated rings. The summed E-state index contributed by atoms with van der Waals surface area (Å²) in [6.45, 7) is 7.12. The van der Waals surface area contributed by atoms with Gasteiger partial charge in [-0.1, -0.05) is 38.0 Å². The number of likely N-dealkylation sites (tertiary alicyclic amines) is 1. The third-order valence-corrected chi connectivity index (χ3v) is 5.88. The maximum atomic E-state index is 14.8. The number of halogens is 1. The van der Waals surface area contributed by atoms with Crippen molar-refractivity contribution in [3.63, 3.8) is 0 Å². The van der Waals surface area contributed by atoms with Crippen LogP contribution in [-0.2, 0) is 14.3 Å². The number of unbranched alkanes of at least 4 members (excludes halogenated alkanes) is 2. The SMILES string of the molecule is CCCCCOc1ccc(/C(O)=C2/C(=O)C(=O)N(CCCOC(C)C)C2c2ccccc2F)cc1. The average Bonchev–Trinajstić information content (AvgIpc) is 3.09. The minimum atomic E-state index is -1.03. The number of Topliss-reactive ketones (excluding diaryl/α,β-unsaturated/α-hetero) is 1. The molecular formula is C28H34FNO5. The number of rotatable bonds is 12. The van der Waals surface area contributed by atoms with Crippen molar-refractivity contribution in [3.05, 3.63) is 71.0 Å². The number of aliphatic hydroxyl groups is 1. The van der Waals surface area contributed by atoms with E-state index in [4.69, 9.17) is 9.47 Å². The minimum absolute atomic E-state index is 0.0337. The van der Waals surface area contributed by atoms with Gasteiger partial charge in [0.25, 0.3) is 11.7 Å². The van der Waals surface area contributed by atoms with Crippen molar-refractivity contribution >= 4 is 17.4 Å². The molecule has 1 aliphatic heterocycles. The molecule has 1 heterocycles. The van der Waals surface area contributed by atoms with Crippen molar-refractivity contribution in [1.82, 2.24) is 4.90 Å². The molecular weight excluding hydrogens is 449 g/mol. The van der Waals surface area contributed by atoms with E-state index in [-0.39, 0.29) is 29.5 Å². The van der Waals surface area contributed by atoms with Crippen molar-refractivity contribution in [2.24, 2.45) is 0 Å². The van der Waals surface area contributed by atoms with Crippen LogP contribution in [0.1, 0.15) is 63.6 Å². The van der Waals surface area contributed by atoms with E-state index in [0.717, 1.165) is 19.3 Å². The van der Waals surface area contributed by atoms with Gasteiger partial charge in [-0.2, -0.15) is 0 Å².